The summed E-state index contributed by atoms with van der Waals surface area (Å²) in [6, 6.07) is 23.5. The van der Waals surface area contributed by atoms with Gasteiger partial charge in [-0.1, -0.05) is 60.7 Å². The Morgan fingerprint density at radius 3 is 2.40 bits per heavy atom. The first-order valence-corrected chi connectivity index (χ1v) is 8.90. The van der Waals surface area contributed by atoms with Crippen LogP contribution < -0.4 is 5.32 Å². The topological polar surface area (TPSA) is 49.4 Å². The molecule has 1 atom stereocenters. The van der Waals surface area contributed by atoms with Crippen molar-refractivity contribution < 1.29 is 9.59 Å². The Bertz CT molecular complexity index is 943. The number of rotatable bonds is 4. The number of hydrogen-bond donors (Lipinski definition) is 1. The predicted molar refractivity (Wildman–Crippen MR) is 101 cm³/mol. The van der Waals surface area contributed by atoms with Crippen LogP contribution in [-0.4, -0.2) is 21.4 Å². The molecule has 4 rings (SSSR count). The predicted octanol–water partition coefficient (Wildman–Crippen LogP) is 4.47. The van der Waals surface area contributed by atoms with E-state index in [0.29, 0.717) is 6.54 Å². The van der Waals surface area contributed by atoms with Crippen LogP contribution in [0.5, 0.6) is 0 Å². The molecule has 0 spiro atoms. The van der Waals surface area contributed by atoms with Gasteiger partial charge in [0.05, 0.1) is 6.54 Å². The molecule has 0 aliphatic carbocycles. The average Bonchev–Trinajstić information content (AvgIpc) is 2.90. The third-order valence-electron chi connectivity index (χ3n) is 4.16. The highest BCUT2D eigenvalue weighted by Crippen LogP contribution is 2.30. The Balaban J connectivity index is 1.51. The fourth-order valence-electron chi connectivity index (χ4n) is 2.88. The van der Waals surface area contributed by atoms with Crippen LogP contribution in [0.4, 0.5) is 10.5 Å². The van der Waals surface area contributed by atoms with Crippen LogP contribution in [0.1, 0.15) is 5.56 Å². The van der Waals surface area contributed by atoms with E-state index in [1.165, 1.54) is 4.90 Å². The van der Waals surface area contributed by atoms with E-state index in [-0.39, 0.29) is 11.1 Å². The maximum Gasteiger partial charge on any atom is 0.291 e. The molecule has 0 bridgehead atoms. The fraction of sp³-hybridized carbons (Fsp3) is 0.100. The number of carbonyl (C=O) groups is 2. The summed E-state index contributed by atoms with van der Waals surface area (Å²) in [7, 11) is 0. The first-order chi connectivity index (χ1) is 12.2. The number of fused-ring (bicyclic) bond motifs is 1. The van der Waals surface area contributed by atoms with E-state index in [9.17, 15) is 9.59 Å². The van der Waals surface area contributed by atoms with Crippen molar-refractivity contribution in [2.24, 2.45) is 0 Å². The second kappa shape index (κ2) is 6.61. The van der Waals surface area contributed by atoms with Crippen LogP contribution in [0.2, 0.25) is 0 Å². The molecule has 1 unspecified atom stereocenters. The average molecular weight is 348 g/mol. The van der Waals surface area contributed by atoms with Crippen molar-refractivity contribution in [1.82, 2.24) is 4.90 Å². The smallest absolute Gasteiger partial charge is 0.291 e. The van der Waals surface area contributed by atoms with Gasteiger partial charge in [0.25, 0.3) is 11.1 Å². The number of nitrogens with one attached hydrogen (secondary N) is 1. The zero-order valence-corrected chi connectivity index (χ0v) is 14.2. The summed E-state index contributed by atoms with van der Waals surface area (Å²) >= 11 is 1.03. The Hall–Kier alpha value is -2.79. The normalized spacial score (nSPS) is 17.3. The lowest BCUT2D eigenvalue weighted by atomic mass is 10.1. The molecule has 25 heavy (non-hydrogen) atoms. The van der Waals surface area contributed by atoms with Crippen LogP contribution in [0, 0.1) is 0 Å². The van der Waals surface area contributed by atoms with Gasteiger partial charge in [-0.05, 0) is 40.2 Å². The SMILES string of the molecule is O=C1SC(Nc2ccc3ccccc3c2)C(=O)N1Cc1ccccc1. The van der Waals surface area contributed by atoms with Crippen LogP contribution in [0.3, 0.4) is 0 Å². The Morgan fingerprint density at radius 1 is 0.880 bits per heavy atom. The number of carbonyl (C=O) groups excluding carboxylic acids is 2. The molecular weight excluding hydrogens is 332 g/mol. The number of anilines is 1. The summed E-state index contributed by atoms with van der Waals surface area (Å²) in [5.41, 5.74) is 1.77. The van der Waals surface area contributed by atoms with Gasteiger partial charge in [-0.2, -0.15) is 0 Å². The largest absolute Gasteiger partial charge is 0.365 e. The van der Waals surface area contributed by atoms with Gasteiger partial charge in [0.15, 0.2) is 5.37 Å². The molecule has 1 N–H and O–H groups in total. The highest BCUT2D eigenvalue weighted by Gasteiger charge is 2.39. The molecule has 1 heterocycles. The van der Waals surface area contributed by atoms with Gasteiger partial charge in [-0.15, -0.1) is 0 Å². The summed E-state index contributed by atoms with van der Waals surface area (Å²) in [5, 5.41) is 4.61. The summed E-state index contributed by atoms with van der Waals surface area (Å²) in [6.07, 6.45) is 0. The molecular formula is C20H16N2O2S. The maximum absolute atomic E-state index is 12.6. The minimum absolute atomic E-state index is 0.202. The van der Waals surface area contributed by atoms with E-state index in [2.05, 4.69) is 5.32 Å². The number of nitrogens with zero attached hydrogens (tertiary/aromatic N) is 1. The van der Waals surface area contributed by atoms with Gasteiger partial charge >= 0.3 is 0 Å². The summed E-state index contributed by atoms with van der Waals surface area (Å²) < 4.78 is 0. The van der Waals surface area contributed by atoms with Gasteiger partial charge in [0.2, 0.25) is 0 Å². The second-order valence-electron chi connectivity index (χ2n) is 5.88. The highest BCUT2D eigenvalue weighted by molar-refractivity contribution is 8.15. The van der Waals surface area contributed by atoms with Crippen LogP contribution in [0.15, 0.2) is 72.8 Å². The molecule has 1 saturated heterocycles. The molecule has 5 heteroatoms. The van der Waals surface area contributed by atoms with Gasteiger partial charge in [-0.3, -0.25) is 14.5 Å². The van der Waals surface area contributed by atoms with Gasteiger partial charge in [-0.25, -0.2) is 0 Å². The van der Waals surface area contributed by atoms with Crippen molar-refractivity contribution in [3.63, 3.8) is 0 Å². The number of benzene rings is 3. The van der Waals surface area contributed by atoms with E-state index < -0.39 is 5.37 Å². The maximum atomic E-state index is 12.6. The van der Waals surface area contributed by atoms with Crippen LogP contribution >= 0.6 is 11.8 Å². The molecule has 1 aliphatic heterocycles. The molecule has 0 radical (unpaired) electrons. The van der Waals surface area contributed by atoms with Gasteiger partial charge in [0.1, 0.15) is 0 Å². The lowest BCUT2D eigenvalue weighted by Crippen LogP contribution is -2.33. The van der Waals surface area contributed by atoms with Crippen LogP contribution in [-0.2, 0) is 11.3 Å². The number of hydrogen-bond acceptors (Lipinski definition) is 4. The quantitative estimate of drug-likeness (QED) is 0.755. The van der Waals surface area contributed by atoms with E-state index in [1.54, 1.807) is 0 Å². The lowest BCUT2D eigenvalue weighted by Gasteiger charge is -2.15. The third-order valence-corrected chi connectivity index (χ3v) is 5.14. The summed E-state index contributed by atoms with van der Waals surface area (Å²) in [5.74, 6) is -0.202. The number of imide groups is 1. The van der Waals surface area contributed by atoms with Crippen LogP contribution in [0.25, 0.3) is 10.8 Å². The standard InChI is InChI=1S/C20H16N2O2S/c23-19-18(21-17-11-10-15-8-4-5-9-16(15)12-17)25-20(24)22(19)13-14-6-2-1-3-7-14/h1-12,18,21H,13H2. The molecule has 0 aromatic heterocycles. The van der Waals surface area contributed by atoms with Crippen molar-refractivity contribution in [2.75, 3.05) is 5.32 Å². The highest BCUT2D eigenvalue weighted by atomic mass is 32.2. The minimum Gasteiger partial charge on any atom is -0.365 e. The monoisotopic (exact) mass is 348 g/mol. The van der Waals surface area contributed by atoms with E-state index in [1.807, 2.05) is 72.8 Å². The summed E-state index contributed by atoms with van der Waals surface area (Å²) in [6.45, 7) is 0.307. The molecule has 0 saturated carbocycles. The van der Waals surface area contributed by atoms with E-state index >= 15 is 0 Å². The molecule has 1 aliphatic rings. The first-order valence-electron chi connectivity index (χ1n) is 8.02. The van der Waals surface area contributed by atoms with Crippen molar-refractivity contribution in [3.05, 3.63) is 78.4 Å². The summed E-state index contributed by atoms with van der Waals surface area (Å²) in [4.78, 5) is 26.1. The van der Waals surface area contributed by atoms with Gasteiger partial charge in [0, 0.05) is 5.69 Å². The van der Waals surface area contributed by atoms with Gasteiger partial charge < -0.3 is 5.32 Å². The van der Waals surface area contributed by atoms with Crippen molar-refractivity contribution in [1.29, 1.82) is 0 Å². The van der Waals surface area contributed by atoms with E-state index in [0.717, 1.165) is 33.8 Å². The lowest BCUT2D eigenvalue weighted by molar-refractivity contribution is -0.126. The molecule has 4 nitrogen and oxygen atoms in total. The molecule has 2 amide bonds. The molecule has 1 fully saturated rings. The number of amides is 2. The Kier molecular flexibility index (Phi) is 4.15. The zero-order valence-electron chi connectivity index (χ0n) is 13.4. The van der Waals surface area contributed by atoms with Crippen molar-refractivity contribution >= 4 is 39.4 Å². The second-order valence-corrected chi connectivity index (χ2v) is 6.94. The Labute approximate surface area is 149 Å². The third kappa shape index (κ3) is 3.23. The fourth-order valence-corrected chi connectivity index (χ4v) is 3.78. The first kappa shape index (κ1) is 15.7. The molecule has 3 aromatic carbocycles. The molecule has 124 valence electrons. The van der Waals surface area contributed by atoms with E-state index in [4.69, 9.17) is 0 Å². The van der Waals surface area contributed by atoms with Crippen molar-refractivity contribution in [2.45, 2.75) is 11.9 Å². The zero-order chi connectivity index (χ0) is 17.2. The number of thioether (sulfide) groups is 1. The minimum atomic E-state index is -0.586. The Morgan fingerprint density at radius 2 is 1.60 bits per heavy atom. The molecule has 3 aromatic rings. The van der Waals surface area contributed by atoms with Crippen molar-refractivity contribution in [3.8, 4) is 0 Å².